The molecule has 0 spiro atoms. The van der Waals surface area contributed by atoms with Crippen LogP contribution in [0, 0.1) is 12.8 Å². The maximum absolute atomic E-state index is 12.4. The molecular weight excluding hydrogens is 332 g/mol. The molecule has 0 radical (unpaired) electrons. The van der Waals surface area contributed by atoms with Gasteiger partial charge in [0.15, 0.2) is 0 Å². The number of thioether (sulfide) groups is 1. The monoisotopic (exact) mass is 358 g/mol. The van der Waals surface area contributed by atoms with Crippen LogP contribution in [0.4, 0.5) is 0 Å². The van der Waals surface area contributed by atoms with Crippen molar-refractivity contribution >= 4 is 11.8 Å². The van der Waals surface area contributed by atoms with Gasteiger partial charge in [-0.15, -0.1) is 0 Å². The summed E-state index contributed by atoms with van der Waals surface area (Å²) in [5.41, 5.74) is 2.10. The minimum absolute atomic E-state index is 0.0433. The van der Waals surface area contributed by atoms with Crippen molar-refractivity contribution in [3.8, 4) is 11.4 Å². The first kappa shape index (κ1) is 18.2. The zero-order chi connectivity index (χ0) is 17.8. The molecule has 5 heteroatoms. The highest BCUT2D eigenvalue weighted by Gasteiger charge is 2.17. The van der Waals surface area contributed by atoms with E-state index in [1.54, 1.807) is 6.92 Å². The van der Waals surface area contributed by atoms with Gasteiger partial charge in [-0.1, -0.05) is 56.0 Å². The van der Waals surface area contributed by atoms with Gasteiger partial charge in [0, 0.05) is 16.0 Å². The van der Waals surface area contributed by atoms with Crippen LogP contribution in [0.2, 0.25) is 0 Å². The van der Waals surface area contributed by atoms with Crippen molar-refractivity contribution in [3.63, 3.8) is 0 Å². The lowest BCUT2D eigenvalue weighted by Crippen LogP contribution is -2.19. The highest BCUT2D eigenvalue weighted by atomic mass is 32.2. The summed E-state index contributed by atoms with van der Waals surface area (Å²) in [4.78, 5) is 21.0. The highest BCUT2D eigenvalue weighted by molar-refractivity contribution is 7.99. The average molecular weight is 359 g/mol. The zero-order valence-corrected chi connectivity index (χ0v) is 15.7. The van der Waals surface area contributed by atoms with Crippen molar-refractivity contribution < 1.29 is 5.11 Å². The van der Waals surface area contributed by atoms with Crippen LogP contribution < -0.4 is 5.56 Å². The summed E-state index contributed by atoms with van der Waals surface area (Å²) in [5.74, 6) is 1.29. The number of nitrogens with one attached hydrogen (secondary N) is 1. The van der Waals surface area contributed by atoms with E-state index in [0.29, 0.717) is 11.7 Å². The van der Waals surface area contributed by atoms with Crippen molar-refractivity contribution in [2.24, 2.45) is 5.92 Å². The lowest BCUT2D eigenvalue weighted by atomic mass is 9.85. The minimum Gasteiger partial charge on any atom is -0.382 e. The van der Waals surface area contributed by atoms with Crippen LogP contribution in [-0.4, -0.2) is 20.5 Å². The van der Waals surface area contributed by atoms with Gasteiger partial charge < -0.3 is 10.1 Å². The third-order valence-corrected chi connectivity index (χ3v) is 5.78. The zero-order valence-electron chi connectivity index (χ0n) is 14.9. The number of rotatable bonds is 5. The van der Waals surface area contributed by atoms with Gasteiger partial charge >= 0.3 is 0 Å². The number of nitrogens with zero attached hydrogens (tertiary/aromatic N) is 1. The van der Waals surface area contributed by atoms with Gasteiger partial charge in [0.1, 0.15) is 11.3 Å². The van der Waals surface area contributed by atoms with E-state index in [4.69, 9.17) is 4.98 Å². The van der Waals surface area contributed by atoms with E-state index in [9.17, 15) is 9.90 Å². The Balaban J connectivity index is 1.85. The summed E-state index contributed by atoms with van der Waals surface area (Å²) in [6.07, 6.45) is 7.31. The van der Waals surface area contributed by atoms with Crippen LogP contribution in [0.1, 0.15) is 50.3 Å². The third kappa shape index (κ3) is 4.73. The Morgan fingerprint density at radius 2 is 1.92 bits per heavy atom. The molecule has 2 aromatic rings. The van der Waals surface area contributed by atoms with Gasteiger partial charge in [-0.05, 0) is 38.3 Å². The number of H-pyrrole nitrogens is 1. The maximum atomic E-state index is 12.4. The molecule has 1 aliphatic carbocycles. The number of aromatic amines is 1. The topological polar surface area (TPSA) is 66.0 Å². The summed E-state index contributed by atoms with van der Waals surface area (Å²) in [5, 5.41) is 9.45. The first-order valence-corrected chi connectivity index (χ1v) is 9.96. The minimum atomic E-state index is -0.440. The Morgan fingerprint density at radius 3 is 2.56 bits per heavy atom. The van der Waals surface area contributed by atoms with E-state index >= 15 is 0 Å². The molecule has 1 atom stereocenters. The number of hydrogen-bond donors (Lipinski definition) is 2. The molecule has 134 valence electrons. The molecule has 0 bridgehead atoms. The van der Waals surface area contributed by atoms with Gasteiger partial charge in [-0.25, -0.2) is 4.98 Å². The van der Waals surface area contributed by atoms with Crippen LogP contribution in [0.3, 0.4) is 0 Å². The summed E-state index contributed by atoms with van der Waals surface area (Å²) >= 11 is 1.40. The van der Waals surface area contributed by atoms with Gasteiger partial charge in [0.25, 0.3) is 5.56 Å². The molecule has 1 fully saturated rings. The molecule has 1 unspecified atom stereocenters. The lowest BCUT2D eigenvalue weighted by Gasteiger charge is -2.21. The Kier molecular flexibility index (Phi) is 5.97. The van der Waals surface area contributed by atoms with Gasteiger partial charge in [-0.2, -0.15) is 0 Å². The Labute approximate surface area is 153 Å². The largest absolute Gasteiger partial charge is 0.382 e. The summed E-state index contributed by atoms with van der Waals surface area (Å²) in [6, 6.07) is 7.80. The van der Waals surface area contributed by atoms with Crippen molar-refractivity contribution in [2.75, 3.05) is 0 Å². The number of aliphatic hydroxyl groups excluding tert-OH is 1. The standard InChI is InChI=1S/C20H26N2O2S/c1-13-18(12-15-6-4-3-5-7-15)21-19(22-20(13)24)16-8-10-17(11-9-16)25-14(2)23/h8-11,14-15,23H,3-7,12H2,1-2H3,(H,21,22,24). The van der Waals surface area contributed by atoms with Gasteiger partial charge in [0.2, 0.25) is 0 Å². The number of benzene rings is 1. The van der Waals surface area contributed by atoms with E-state index in [0.717, 1.165) is 28.1 Å². The highest BCUT2D eigenvalue weighted by Crippen LogP contribution is 2.28. The molecule has 4 nitrogen and oxygen atoms in total. The SMILES string of the molecule is Cc1c(CC2CCCCC2)nc(-c2ccc(SC(C)O)cc2)[nH]c1=O. The molecule has 0 saturated heterocycles. The Bertz CT molecular complexity index is 762. The molecule has 25 heavy (non-hydrogen) atoms. The second kappa shape index (κ2) is 8.19. The fraction of sp³-hybridized carbons (Fsp3) is 0.500. The predicted molar refractivity (Wildman–Crippen MR) is 103 cm³/mol. The number of aromatic nitrogens is 2. The first-order chi connectivity index (χ1) is 12.0. The van der Waals surface area contributed by atoms with Crippen LogP contribution >= 0.6 is 11.8 Å². The fourth-order valence-corrected chi connectivity index (χ4v) is 4.15. The summed E-state index contributed by atoms with van der Waals surface area (Å²) in [7, 11) is 0. The molecule has 3 rings (SSSR count). The summed E-state index contributed by atoms with van der Waals surface area (Å²) < 4.78 is 0. The smallest absolute Gasteiger partial charge is 0.254 e. The van der Waals surface area contributed by atoms with E-state index in [2.05, 4.69) is 4.98 Å². The molecular formula is C20H26N2O2S. The number of aliphatic hydroxyl groups is 1. The molecule has 2 N–H and O–H groups in total. The molecule has 0 aliphatic heterocycles. The molecule has 1 saturated carbocycles. The van der Waals surface area contributed by atoms with Crippen molar-refractivity contribution in [1.29, 1.82) is 0 Å². The van der Waals surface area contributed by atoms with E-state index in [-0.39, 0.29) is 5.56 Å². The maximum Gasteiger partial charge on any atom is 0.254 e. The van der Waals surface area contributed by atoms with Crippen LogP contribution in [0.15, 0.2) is 34.0 Å². The third-order valence-electron chi connectivity index (χ3n) is 4.89. The first-order valence-electron chi connectivity index (χ1n) is 9.08. The molecule has 0 amide bonds. The molecule has 1 heterocycles. The van der Waals surface area contributed by atoms with E-state index in [1.807, 2.05) is 31.2 Å². The second-order valence-electron chi connectivity index (χ2n) is 6.94. The summed E-state index contributed by atoms with van der Waals surface area (Å²) in [6.45, 7) is 3.62. The normalized spacial score (nSPS) is 16.8. The number of hydrogen-bond acceptors (Lipinski definition) is 4. The average Bonchev–Trinajstić information content (AvgIpc) is 2.60. The lowest BCUT2D eigenvalue weighted by molar-refractivity contribution is 0.284. The van der Waals surface area contributed by atoms with Crippen molar-refractivity contribution in [2.45, 2.75) is 62.7 Å². The van der Waals surface area contributed by atoms with E-state index < -0.39 is 5.44 Å². The van der Waals surface area contributed by atoms with E-state index in [1.165, 1.54) is 43.9 Å². The second-order valence-corrected chi connectivity index (χ2v) is 8.33. The quantitative estimate of drug-likeness (QED) is 0.618. The van der Waals surface area contributed by atoms with Gasteiger partial charge in [0.05, 0.1) is 5.69 Å². The Morgan fingerprint density at radius 1 is 1.24 bits per heavy atom. The van der Waals surface area contributed by atoms with Gasteiger partial charge in [-0.3, -0.25) is 4.79 Å². The molecule has 1 aromatic heterocycles. The Hall–Kier alpha value is -1.59. The van der Waals surface area contributed by atoms with Crippen molar-refractivity contribution in [1.82, 2.24) is 9.97 Å². The van der Waals surface area contributed by atoms with Crippen LogP contribution in [-0.2, 0) is 6.42 Å². The molecule has 1 aliphatic rings. The molecule has 1 aromatic carbocycles. The van der Waals surface area contributed by atoms with Crippen molar-refractivity contribution in [3.05, 3.63) is 45.9 Å². The fourth-order valence-electron chi connectivity index (χ4n) is 3.47. The van der Waals surface area contributed by atoms with Crippen LogP contribution in [0.25, 0.3) is 11.4 Å². The van der Waals surface area contributed by atoms with Crippen LogP contribution in [0.5, 0.6) is 0 Å². The predicted octanol–water partition coefficient (Wildman–Crippen LogP) is 4.30.